The second kappa shape index (κ2) is 8.99. The van der Waals surface area contributed by atoms with Gasteiger partial charge in [0.1, 0.15) is 0 Å². The third kappa shape index (κ3) is 3.77. The molecule has 0 fully saturated rings. The second-order valence-electron chi connectivity index (χ2n) is 9.68. The van der Waals surface area contributed by atoms with Crippen LogP contribution in [0.2, 0.25) is 0 Å². The summed E-state index contributed by atoms with van der Waals surface area (Å²) in [6, 6.07) is 44.8. The molecule has 0 aliphatic carbocycles. The van der Waals surface area contributed by atoms with Gasteiger partial charge in [-0.05, 0) is 0 Å². The summed E-state index contributed by atoms with van der Waals surface area (Å²) >= 11 is 0.201. The average molecular weight is 563 g/mol. The van der Waals surface area contributed by atoms with Gasteiger partial charge in [0.25, 0.3) is 0 Å². The Morgan fingerprint density at radius 3 is 1.97 bits per heavy atom. The van der Waals surface area contributed by atoms with Crippen molar-refractivity contribution in [2.24, 2.45) is 0 Å². The van der Waals surface area contributed by atoms with E-state index < -0.39 is 0 Å². The average Bonchev–Trinajstić information content (AvgIpc) is 3.40. The van der Waals surface area contributed by atoms with Crippen molar-refractivity contribution in [1.29, 1.82) is 0 Å². The topological polar surface area (TPSA) is 38.7 Å². The second-order valence-corrected chi connectivity index (χ2v) is 11.9. The quantitative estimate of drug-likeness (QED) is 0.160. The summed E-state index contributed by atoms with van der Waals surface area (Å²) in [6.45, 7) is 0. The first kappa shape index (κ1) is 22.4. The van der Waals surface area contributed by atoms with E-state index in [2.05, 4.69) is 109 Å². The van der Waals surface area contributed by atoms with Crippen molar-refractivity contribution in [3.05, 3.63) is 127 Å². The molecular weight excluding hydrogens is 541 g/mol. The fraction of sp³-hybridized carbons (Fsp3) is 0. The Morgan fingerprint density at radius 1 is 0.410 bits per heavy atom. The normalized spacial score (nSPS) is 11.6. The number of aromatic nitrogens is 3. The van der Waals surface area contributed by atoms with Crippen LogP contribution in [0.3, 0.4) is 0 Å². The Bertz CT molecular complexity index is 2180. The fourth-order valence-corrected chi connectivity index (χ4v) is 7.96. The van der Waals surface area contributed by atoms with Gasteiger partial charge in [-0.1, -0.05) is 6.07 Å². The predicted octanol–water partition coefficient (Wildman–Crippen LogP) is 8.54. The van der Waals surface area contributed by atoms with E-state index in [4.69, 9.17) is 15.0 Å². The summed E-state index contributed by atoms with van der Waals surface area (Å²) in [5.41, 5.74) is 3.06. The predicted molar refractivity (Wildman–Crippen MR) is 163 cm³/mol. The van der Waals surface area contributed by atoms with Crippen LogP contribution in [0, 0.1) is 0 Å². The van der Waals surface area contributed by atoms with Gasteiger partial charge in [-0.15, -0.1) is 0 Å². The van der Waals surface area contributed by atoms with E-state index in [0.717, 1.165) is 22.5 Å². The third-order valence-electron chi connectivity index (χ3n) is 7.32. The molecule has 2 aromatic heterocycles. The summed E-state index contributed by atoms with van der Waals surface area (Å²) in [7, 11) is 0. The van der Waals surface area contributed by atoms with E-state index in [9.17, 15) is 0 Å². The van der Waals surface area contributed by atoms with Crippen LogP contribution in [0.15, 0.2) is 127 Å². The Morgan fingerprint density at radius 2 is 1.08 bits per heavy atom. The van der Waals surface area contributed by atoms with Crippen molar-refractivity contribution in [3.8, 4) is 34.2 Å². The van der Waals surface area contributed by atoms with Gasteiger partial charge in [-0.3, -0.25) is 0 Å². The van der Waals surface area contributed by atoms with Crippen LogP contribution in [0.25, 0.3) is 75.0 Å². The van der Waals surface area contributed by atoms with Crippen LogP contribution in [-0.4, -0.2) is 29.5 Å². The van der Waals surface area contributed by atoms with Gasteiger partial charge in [0.2, 0.25) is 0 Å². The third-order valence-corrected chi connectivity index (χ3v) is 9.88. The molecule has 0 N–H and O–H groups in total. The van der Waals surface area contributed by atoms with Crippen molar-refractivity contribution in [3.63, 3.8) is 0 Å². The molecule has 0 saturated heterocycles. The summed E-state index contributed by atoms with van der Waals surface area (Å²) < 4.78 is 2.75. The molecule has 6 aromatic carbocycles. The molecule has 2 heterocycles. The number of nitrogens with zero attached hydrogens (tertiary/aromatic N) is 3. The molecular formula is C35H21N3Se. The SMILES string of the molecule is c1ccc(-c2nc(-c3ccc4c(ccc5ccccc54)c3)nc(-c3cccc4c3[se]c3ccccc34)n2)cc1. The zero-order valence-electron chi connectivity index (χ0n) is 20.9. The number of benzene rings is 6. The molecule has 3 nitrogen and oxygen atoms in total. The molecule has 8 aromatic rings. The summed E-state index contributed by atoms with van der Waals surface area (Å²) in [5.74, 6) is 2.10. The van der Waals surface area contributed by atoms with Crippen molar-refractivity contribution < 1.29 is 0 Å². The van der Waals surface area contributed by atoms with Crippen molar-refractivity contribution in [2.75, 3.05) is 0 Å². The first-order chi connectivity index (χ1) is 19.3. The van der Waals surface area contributed by atoms with E-state index in [-0.39, 0.29) is 14.5 Å². The molecule has 4 heteroatoms. The number of hydrogen-bond donors (Lipinski definition) is 0. The number of fused-ring (bicyclic) bond motifs is 6. The summed E-state index contributed by atoms with van der Waals surface area (Å²) in [4.78, 5) is 15.1. The summed E-state index contributed by atoms with van der Waals surface area (Å²) in [6.07, 6.45) is 0. The zero-order chi connectivity index (χ0) is 25.8. The molecule has 0 unspecified atom stereocenters. The molecule has 0 amide bonds. The molecule has 8 rings (SSSR count). The minimum absolute atomic E-state index is 0.201. The molecule has 0 saturated carbocycles. The number of hydrogen-bond acceptors (Lipinski definition) is 3. The van der Waals surface area contributed by atoms with E-state index in [0.29, 0.717) is 11.6 Å². The van der Waals surface area contributed by atoms with Crippen molar-refractivity contribution in [2.45, 2.75) is 0 Å². The van der Waals surface area contributed by atoms with Crippen molar-refractivity contribution >= 4 is 55.3 Å². The molecule has 0 radical (unpaired) electrons. The van der Waals surface area contributed by atoms with Crippen LogP contribution in [0.4, 0.5) is 0 Å². The first-order valence-electron chi connectivity index (χ1n) is 13.0. The monoisotopic (exact) mass is 563 g/mol. The Kier molecular flexibility index (Phi) is 5.15. The Labute approximate surface area is 231 Å². The van der Waals surface area contributed by atoms with Crippen molar-refractivity contribution in [1.82, 2.24) is 15.0 Å². The van der Waals surface area contributed by atoms with Crippen LogP contribution in [0.1, 0.15) is 0 Å². The molecule has 182 valence electrons. The number of rotatable bonds is 3. The van der Waals surface area contributed by atoms with Gasteiger partial charge < -0.3 is 0 Å². The molecule has 0 spiro atoms. The van der Waals surface area contributed by atoms with E-state index in [1.54, 1.807) is 0 Å². The van der Waals surface area contributed by atoms with Crippen LogP contribution in [-0.2, 0) is 0 Å². The minimum atomic E-state index is 0.201. The maximum absolute atomic E-state index is 5.10. The zero-order valence-corrected chi connectivity index (χ0v) is 22.6. The maximum atomic E-state index is 5.10. The van der Waals surface area contributed by atoms with E-state index >= 15 is 0 Å². The van der Waals surface area contributed by atoms with Gasteiger partial charge in [0, 0.05) is 0 Å². The standard InChI is InChI=1S/C35H21N3Se/c1-2-10-23(11-3-1)33-36-34(25-19-20-27-24(21-25)18-17-22-9-4-5-12-26(22)27)38-35(37-33)30-15-8-14-29-28-13-6-7-16-31(28)39-32(29)30/h1-21H. The fourth-order valence-electron chi connectivity index (χ4n) is 5.42. The van der Waals surface area contributed by atoms with Gasteiger partial charge in [0.15, 0.2) is 0 Å². The first-order valence-corrected chi connectivity index (χ1v) is 14.7. The van der Waals surface area contributed by atoms with Crippen LogP contribution >= 0.6 is 0 Å². The van der Waals surface area contributed by atoms with Gasteiger partial charge >= 0.3 is 226 Å². The van der Waals surface area contributed by atoms with E-state index in [1.807, 2.05) is 18.2 Å². The molecule has 0 atom stereocenters. The Balaban J connectivity index is 1.37. The molecule has 0 aliphatic heterocycles. The summed E-state index contributed by atoms with van der Waals surface area (Å²) in [5, 5.41) is 7.53. The van der Waals surface area contributed by atoms with Crippen LogP contribution in [0.5, 0.6) is 0 Å². The Hall–Kier alpha value is -4.63. The van der Waals surface area contributed by atoms with Gasteiger partial charge in [0.05, 0.1) is 0 Å². The molecule has 0 bridgehead atoms. The molecule has 0 aliphatic rings. The van der Waals surface area contributed by atoms with Crippen LogP contribution < -0.4 is 0 Å². The van der Waals surface area contributed by atoms with E-state index in [1.165, 1.54) is 40.8 Å². The van der Waals surface area contributed by atoms with Gasteiger partial charge in [-0.25, -0.2) is 0 Å². The van der Waals surface area contributed by atoms with Gasteiger partial charge in [-0.2, -0.15) is 0 Å². The molecule has 39 heavy (non-hydrogen) atoms.